The van der Waals surface area contributed by atoms with Crippen LogP contribution in [0.2, 0.25) is 0 Å². The van der Waals surface area contributed by atoms with E-state index in [1.54, 1.807) is 6.07 Å². The quantitative estimate of drug-likeness (QED) is 0.697. The molecule has 0 spiro atoms. The molecule has 2 heteroatoms. The van der Waals surface area contributed by atoms with Crippen molar-refractivity contribution in [2.45, 2.75) is 13.8 Å². The molecule has 0 aliphatic carbocycles. The SMILES string of the molecule is CC1=CC=C(c2ccc(C)cc2F)N(C)C1. The highest BCUT2D eigenvalue weighted by Crippen LogP contribution is 2.25. The summed E-state index contributed by atoms with van der Waals surface area (Å²) in [6.45, 7) is 4.84. The minimum atomic E-state index is -0.147. The van der Waals surface area contributed by atoms with Crippen LogP contribution in [0.4, 0.5) is 4.39 Å². The molecule has 16 heavy (non-hydrogen) atoms. The Bertz CT molecular complexity index is 472. The van der Waals surface area contributed by atoms with Gasteiger partial charge in [-0.3, -0.25) is 0 Å². The zero-order valence-corrected chi connectivity index (χ0v) is 9.92. The van der Waals surface area contributed by atoms with Gasteiger partial charge < -0.3 is 4.90 Å². The predicted octanol–water partition coefficient (Wildman–Crippen LogP) is 3.37. The molecule has 84 valence electrons. The summed E-state index contributed by atoms with van der Waals surface area (Å²) in [7, 11) is 1.99. The standard InChI is InChI=1S/C14H16FN/c1-10-4-6-12(13(15)8-10)14-7-5-11(2)9-16(14)3/h4-8H,9H2,1-3H3. The van der Waals surface area contributed by atoms with Crippen LogP contribution in [-0.2, 0) is 0 Å². The Morgan fingerprint density at radius 3 is 2.56 bits per heavy atom. The maximum absolute atomic E-state index is 13.8. The molecular weight excluding hydrogens is 201 g/mol. The molecule has 0 fully saturated rings. The van der Waals surface area contributed by atoms with Gasteiger partial charge in [-0.05, 0) is 37.6 Å². The van der Waals surface area contributed by atoms with Gasteiger partial charge in [0.25, 0.3) is 0 Å². The van der Waals surface area contributed by atoms with E-state index in [9.17, 15) is 4.39 Å². The molecule has 0 atom stereocenters. The fraction of sp³-hybridized carbons (Fsp3) is 0.286. The number of nitrogens with zero attached hydrogens (tertiary/aromatic N) is 1. The molecule has 1 aromatic rings. The Balaban J connectivity index is 2.44. The van der Waals surface area contributed by atoms with Crippen LogP contribution in [0.3, 0.4) is 0 Å². The number of hydrogen-bond donors (Lipinski definition) is 0. The summed E-state index contributed by atoms with van der Waals surface area (Å²) in [6.07, 6.45) is 4.03. The van der Waals surface area contributed by atoms with Gasteiger partial charge in [0, 0.05) is 24.9 Å². The van der Waals surface area contributed by atoms with E-state index in [2.05, 4.69) is 17.9 Å². The summed E-state index contributed by atoms with van der Waals surface area (Å²) in [6, 6.07) is 5.37. The van der Waals surface area contributed by atoms with E-state index < -0.39 is 0 Å². The van der Waals surface area contributed by atoms with E-state index in [-0.39, 0.29) is 5.82 Å². The molecule has 2 rings (SSSR count). The molecule has 0 saturated carbocycles. The van der Waals surface area contributed by atoms with Crippen LogP contribution in [0.5, 0.6) is 0 Å². The highest BCUT2D eigenvalue weighted by Gasteiger charge is 2.14. The average molecular weight is 217 g/mol. The molecular formula is C14H16FN. The number of aryl methyl sites for hydroxylation is 1. The first-order chi connectivity index (χ1) is 7.58. The normalized spacial score (nSPS) is 15.9. The number of halogens is 1. The number of likely N-dealkylation sites (N-methyl/N-ethyl adjacent to an activating group) is 1. The first-order valence-corrected chi connectivity index (χ1v) is 5.43. The number of allylic oxidation sites excluding steroid dienone is 2. The molecule has 1 nitrogen and oxygen atoms in total. The Morgan fingerprint density at radius 1 is 1.19 bits per heavy atom. The van der Waals surface area contributed by atoms with Crippen LogP contribution in [0.15, 0.2) is 35.9 Å². The third-order valence-electron chi connectivity index (χ3n) is 2.82. The van der Waals surface area contributed by atoms with Crippen molar-refractivity contribution in [1.82, 2.24) is 4.90 Å². The molecule has 1 aliphatic heterocycles. The van der Waals surface area contributed by atoms with Crippen LogP contribution >= 0.6 is 0 Å². The smallest absolute Gasteiger partial charge is 0.132 e. The Labute approximate surface area is 95.9 Å². The highest BCUT2D eigenvalue weighted by molar-refractivity contribution is 5.67. The van der Waals surface area contributed by atoms with E-state index >= 15 is 0 Å². The van der Waals surface area contributed by atoms with E-state index in [1.807, 2.05) is 32.2 Å². The van der Waals surface area contributed by atoms with Crippen molar-refractivity contribution < 1.29 is 4.39 Å². The minimum absolute atomic E-state index is 0.147. The lowest BCUT2D eigenvalue weighted by Gasteiger charge is -2.26. The molecule has 0 saturated heterocycles. The third kappa shape index (κ3) is 2.01. The van der Waals surface area contributed by atoms with Gasteiger partial charge in [-0.25, -0.2) is 4.39 Å². The summed E-state index contributed by atoms with van der Waals surface area (Å²) in [5.41, 5.74) is 3.87. The van der Waals surface area contributed by atoms with Crippen molar-refractivity contribution in [3.63, 3.8) is 0 Å². The molecule has 0 radical (unpaired) electrons. The van der Waals surface area contributed by atoms with Crippen LogP contribution < -0.4 is 0 Å². The predicted molar refractivity (Wildman–Crippen MR) is 65.5 cm³/mol. The van der Waals surface area contributed by atoms with E-state index in [0.29, 0.717) is 5.56 Å². The Hall–Kier alpha value is -1.57. The average Bonchev–Trinajstić information content (AvgIpc) is 2.19. The second kappa shape index (κ2) is 4.12. The summed E-state index contributed by atoms with van der Waals surface area (Å²) >= 11 is 0. The largest absolute Gasteiger partial charge is 0.370 e. The second-order valence-corrected chi connectivity index (χ2v) is 4.40. The second-order valence-electron chi connectivity index (χ2n) is 4.40. The fourth-order valence-corrected chi connectivity index (χ4v) is 1.98. The van der Waals surface area contributed by atoms with Crippen LogP contribution in [0, 0.1) is 12.7 Å². The molecule has 0 amide bonds. The Morgan fingerprint density at radius 2 is 1.94 bits per heavy atom. The molecule has 0 N–H and O–H groups in total. The molecule has 1 aliphatic rings. The topological polar surface area (TPSA) is 3.24 Å². The highest BCUT2D eigenvalue weighted by atomic mass is 19.1. The lowest BCUT2D eigenvalue weighted by atomic mass is 10.0. The van der Waals surface area contributed by atoms with Gasteiger partial charge in [-0.2, -0.15) is 0 Å². The molecule has 1 heterocycles. The van der Waals surface area contributed by atoms with Crippen LogP contribution in [0.25, 0.3) is 5.70 Å². The van der Waals surface area contributed by atoms with Crippen molar-refractivity contribution in [2.24, 2.45) is 0 Å². The van der Waals surface area contributed by atoms with Gasteiger partial charge in [-0.15, -0.1) is 0 Å². The summed E-state index contributed by atoms with van der Waals surface area (Å²) in [5.74, 6) is -0.147. The zero-order valence-electron chi connectivity index (χ0n) is 9.92. The molecule has 0 aromatic heterocycles. The van der Waals surface area contributed by atoms with Crippen molar-refractivity contribution in [1.29, 1.82) is 0 Å². The monoisotopic (exact) mass is 217 g/mol. The summed E-state index contributed by atoms with van der Waals surface area (Å²) < 4.78 is 13.8. The van der Waals surface area contributed by atoms with Gasteiger partial charge >= 0.3 is 0 Å². The number of rotatable bonds is 1. The summed E-state index contributed by atoms with van der Waals surface area (Å²) in [4.78, 5) is 2.07. The van der Waals surface area contributed by atoms with E-state index in [0.717, 1.165) is 17.8 Å². The maximum Gasteiger partial charge on any atom is 0.132 e. The lowest BCUT2D eigenvalue weighted by molar-refractivity contribution is 0.509. The lowest BCUT2D eigenvalue weighted by Crippen LogP contribution is -2.21. The molecule has 0 unspecified atom stereocenters. The van der Waals surface area contributed by atoms with Gasteiger partial charge in [0.15, 0.2) is 0 Å². The first-order valence-electron chi connectivity index (χ1n) is 5.43. The number of hydrogen-bond acceptors (Lipinski definition) is 1. The van der Waals surface area contributed by atoms with Crippen molar-refractivity contribution in [3.05, 3.63) is 52.9 Å². The van der Waals surface area contributed by atoms with Crippen molar-refractivity contribution in [3.8, 4) is 0 Å². The molecule has 0 bridgehead atoms. The fourth-order valence-electron chi connectivity index (χ4n) is 1.98. The first kappa shape index (κ1) is 10.9. The maximum atomic E-state index is 13.8. The third-order valence-corrected chi connectivity index (χ3v) is 2.82. The zero-order chi connectivity index (χ0) is 11.7. The van der Waals surface area contributed by atoms with Gasteiger partial charge in [0.1, 0.15) is 5.82 Å². The Kier molecular flexibility index (Phi) is 2.82. The summed E-state index contributed by atoms with van der Waals surface area (Å²) in [5, 5.41) is 0. The van der Waals surface area contributed by atoms with E-state index in [1.165, 1.54) is 5.57 Å². The van der Waals surface area contributed by atoms with Crippen molar-refractivity contribution in [2.75, 3.05) is 13.6 Å². The van der Waals surface area contributed by atoms with Crippen LogP contribution in [0.1, 0.15) is 18.1 Å². The minimum Gasteiger partial charge on any atom is -0.370 e. The van der Waals surface area contributed by atoms with Gasteiger partial charge in [0.05, 0.1) is 0 Å². The molecule has 1 aromatic carbocycles. The van der Waals surface area contributed by atoms with Crippen LogP contribution in [-0.4, -0.2) is 18.5 Å². The van der Waals surface area contributed by atoms with Gasteiger partial charge in [-0.1, -0.05) is 17.7 Å². The number of benzene rings is 1. The van der Waals surface area contributed by atoms with Gasteiger partial charge in [0.2, 0.25) is 0 Å². The van der Waals surface area contributed by atoms with E-state index in [4.69, 9.17) is 0 Å². The van der Waals surface area contributed by atoms with Crippen molar-refractivity contribution >= 4 is 5.70 Å².